The molecule has 1 aromatic rings. The summed E-state index contributed by atoms with van der Waals surface area (Å²) in [6, 6.07) is 6.15. The van der Waals surface area contributed by atoms with Crippen LogP contribution >= 0.6 is 0 Å². The Bertz CT molecular complexity index is 614. The van der Waals surface area contributed by atoms with Crippen molar-refractivity contribution < 1.29 is 14.7 Å². The van der Waals surface area contributed by atoms with E-state index in [0.717, 1.165) is 6.42 Å². The molecule has 1 saturated heterocycles. The Labute approximate surface area is 137 Å². The van der Waals surface area contributed by atoms with Crippen LogP contribution in [0, 0.1) is 19.3 Å². The fourth-order valence-electron chi connectivity index (χ4n) is 3.07. The van der Waals surface area contributed by atoms with Gasteiger partial charge in [-0.3, -0.25) is 4.79 Å². The zero-order valence-corrected chi connectivity index (χ0v) is 14.3. The van der Waals surface area contributed by atoms with Gasteiger partial charge < -0.3 is 15.3 Å². The van der Waals surface area contributed by atoms with Gasteiger partial charge in [-0.1, -0.05) is 23.8 Å². The highest BCUT2D eigenvalue weighted by Gasteiger charge is 2.42. The zero-order chi connectivity index (χ0) is 17.2. The van der Waals surface area contributed by atoms with Crippen LogP contribution in [0.25, 0.3) is 0 Å². The number of amides is 2. The van der Waals surface area contributed by atoms with Crippen molar-refractivity contribution in [2.24, 2.45) is 5.41 Å². The molecule has 5 heteroatoms. The van der Waals surface area contributed by atoms with Crippen molar-refractivity contribution in [3.8, 4) is 0 Å². The summed E-state index contributed by atoms with van der Waals surface area (Å²) in [6.07, 6.45) is 1.27. The van der Waals surface area contributed by atoms with E-state index < -0.39 is 11.4 Å². The van der Waals surface area contributed by atoms with Gasteiger partial charge in [-0.15, -0.1) is 0 Å². The molecular formula is C18H26N2O3. The maximum Gasteiger partial charge on any atom is 0.317 e. The van der Waals surface area contributed by atoms with Crippen LogP contribution < -0.4 is 5.32 Å². The van der Waals surface area contributed by atoms with Crippen molar-refractivity contribution in [3.05, 3.63) is 34.9 Å². The Hall–Kier alpha value is -2.04. The Morgan fingerprint density at radius 2 is 2.09 bits per heavy atom. The van der Waals surface area contributed by atoms with Gasteiger partial charge in [0.15, 0.2) is 0 Å². The minimum atomic E-state index is -0.837. The van der Waals surface area contributed by atoms with Gasteiger partial charge in [-0.2, -0.15) is 0 Å². The van der Waals surface area contributed by atoms with Gasteiger partial charge in [0, 0.05) is 19.1 Å². The maximum atomic E-state index is 12.3. The van der Waals surface area contributed by atoms with E-state index >= 15 is 0 Å². The number of hydrogen-bond acceptors (Lipinski definition) is 2. The molecule has 0 aliphatic carbocycles. The van der Waals surface area contributed by atoms with Gasteiger partial charge in [0.25, 0.3) is 0 Å². The largest absolute Gasteiger partial charge is 0.481 e. The minimum absolute atomic E-state index is 0.000547. The molecule has 23 heavy (non-hydrogen) atoms. The molecule has 2 N–H and O–H groups in total. The molecule has 1 aliphatic heterocycles. The first-order valence-electron chi connectivity index (χ1n) is 8.06. The van der Waals surface area contributed by atoms with Crippen LogP contribution in [0.15, 0.2) is 18.2 Å². The predicted molar refractivity (Wildman–Crippen MR) is 89.5 cm³/mol. The summed E-state index contributed by atoms with van der Waals surface area (Å²) in [6.45, 7) is 8.57. The molecule has 2 unspecified atom stereocenters. The van der Waals surface area contributed by atoms with Crippen molar-refractivity contribution >= 4 is 12.0 Å². The molecule has 0 spiro atoms. The first-order chi connectivity index (χ1) is 10.7. The summed E-state index contributed by atoms with van der Waals surface area (Å²) in [5, 5.41) is 12.2. The molecule has 2 rings (SSSR count). The molecule has 1 fully saturated rings. The van der Waals surface area contributed by atoms with Crippen molar-refractivity contribution in [1.82, 2.24) is 10.2 Å². The molecule has 126 valence electrons. The van der Waals surface area contributed by atoms with Crippen molar-refractivity contribution in [3.63, 3.8) is 0 Å². The molecule has 0 aromatic heterocycles. The normalized spacial score (nSPS) is 22.0. The zero-order valence-electron chi connectivity index (χ0n) is 14.3. The van der Waals surface area contributed by atoms with E-state index in [2.05, 4.69) is 37.4 Å². The number of carboxylic acids is 1. The Morgan fingerprint density at radius 1 is 1.39 bits per heavy atom. The van der Waals surface area contributed by atoms with Crippen LogP contribution in [0.5, 0.6) is 0 Å². The molecule has 2 atom stereocenters. The van der Waals surface area contributed by atoms with E-state index in [-0.39, 0.29) is 18.6 Å². The second kappa shape index (κ2) is 6.60. The van der Waals surface area contributed by atoms with Gasteiger partial charge in [0.2, 0.25) is 0 Å². The first kappa shape index (κ1) is 17.3. The second-order valence-corrected chi connectivity index (χ2v) is 7.02. The molecule has 5 nitrogen and oxygen atoms in total. The average Bonchev–Trinajstić information content (AvgIpc) is 2.86. The molecule has 1 aromatic carbocycles. The van der Waals surface area contributed by atoms with E-state index in [1.807, 2.05) is 6.92 Å². The number of nitrogens with zero attached hydrogens (tertiary/aromatic N) is 1. The summed E-state index contributed by atoms with van der Waals surface area (Å²) in [4.78, 5) is 25.2. The van der Waals surface area contributed by atoms with Gasteiger partial charge in [0.1, 0.15) is 0 Å². The standard InChI is InChI=1S/C18H26N2O3/c1-12-5-6-15(13(2)9-12)10-14(3)19-17(23)20-8-7-18(4,11-20)16(21)22/h5-6,9,14H,7-8,10-11H2,1-4H3,(H,19,23)(H,21,22). The summed E-state index contributed by atoms with van der Waals surface area (Å²) >= 11 is 0. The number of aryl methyl sites for hydroxylation is 2. The summed E-state index contributed by atoms with van der Waals surface area (Å²) in [5.41, 5.74) is 2.85. The van der Waals surface area contributed by atoms with Crippen molar-refractivity contribution in [1.29, 1.82) is 0 Å². The predicted octanol–water partition coefficient (Wildman–Crippen LogP) is 2.74. The Balaban J connectivity index is 1.92. The van der Waals surface area contributed by atoms with Crippen LogP contribution in [-0.4, -0.2) is 41.1 Å². The third-order valence-electron chi connectivity index (χ3n) is 4.67. The molecule has 2 amide bonds. The van der Waals surface area contributed by atoms with Gasteiger partial charge in [-0.25, -0.2) is 4.79 Å². The third kappa shape index (κ3) is 4.03. The van der Waals surface area contributed by atoms with E-state index in [0.29, 0.717) is 13.0 Å². The molecular weight excluding hydrogens is 292 g/mol. The average molecular weight is 318 g/mol. The van der Waals surface area contributed by atoms with Crippen LogP contribution in [0.2, 0.25) is 0 Å². The van der Waals surface area contributed by atoms with E-state index in [1.165, 1.54) is 16.7 Å². The van der Waals surface area contributed by atoms with E-state index in [1.54, 1.807) is 11.8 Å². The number of nitrogens with one attached hydrogen (secondary N) is 1. The fraction of sp³-hybridized carbons (Fsp3) is 0.556. The minimum Gasteiger partial charge on any atom is -0.481 e. The highest BCUT2D eigenvalue weighted by Crippen LogP contribution is 2.30. The Morgan fingerprint density at radius 3 is 2.65 bits per heavy atom. The van der Waals surface area contributed by atoms with Crippen molar-refractivity contribution in [2.75, 3.05) is 13.1 Å². The number of carboxylic acid groups (broad SMARTS) is 1. The van der Waals surface area contributed by atoms with Gasteiger partial charge in [-0.05, 0) is 51.7 Å². The molecule has 0 bridgehead atoms. The van der Waals surface area contributed by atoms with Crippen LogP contribution in [-0.2, 0) is 11.2 Å². The number of carbonyl (C=O) groups is 2. The summed E-state index contributed by atoms with van der Waals surface area (Å²) in [5.74, 6) is -0.837. The number of urea groups is 1. The monoisotopic (exact) mass is 318 g/mol. The summed E-state index contributed by atoms with van der Waals surface area (Å²) in [7, 11) is 0. The lowest BCUT2D eigenvalue weighted by Gasteiger charge is -2.23. The first-order valence-corrected chi connectivity index (χ1v) is 8.06. The lowest BCUT2D eigenvalue weighted by molar-refractivity contribution is -0.146. The van der Waals surface area contributed by atoms with Crippen molar-refractivity contribution in [2.45, 2.75) is 46.6 Å². The van der Waals surface area contributed by atoms with Gasteiger partial charge >= 0.3 is 12.0 Å². The topological polar surface area (TPSA) is 69.6 Å². The lowest BCUT2D eigenvalue weighted by atomic mass is 9.90. The third-order valence-corrected chi connectivity index (χ3v) is 4.67. The summed E-state index contributed by atoms with van der Waals surface area (Å²) < 4.78 is 0. The highest BCUT2D eigenvalue weighted by atomic mass is 16.4. The second-order valence-electron chi connectivity index (χ2n) is 7.02. The maximum absolute atomic E-state index is 12.3. The number of hydrogen-bond donors (Lipinski definition) is 2. The van der Waals surface area contributed by atoms with Crippen LogP contribution in [0.1, 0.15) is 37.0 Å². The number of benzene rings is 1. The van der Waals surface area contributed by atoms with E-state index in [4.69, 9.17) is 0 Å². The SMILES string of the molecule is Cc1ccc(CC(C)NC(=O)N2CCC(C)(C(=O)O)C2)c(C)c1. The number of carbonyl (C=O) groups excluding carboxylic acids is 1. The number of rotatable bonds is 4. The van der Waals surface area contributed by atoms with E-state index in [9.17, 15) is 14.7 Å². The highest BCUT2D eigenvalue weighted by molar-refractivity contribution is 5.79. The molecule has 0 radical (unpaired) electrons. The molecule has 1 heterocycles. The molecule has 0 saturated carbocycles. The van der Waals surface area contributed by atoms with Crippen LogP contribution in [0.3, 0.4) is 0 Å². The quantitative estimate of drug-likeness (QED) is 0.897. The number of likely N-dealkylation sites (tertiary alicyclic amines) is 1. The Kier molecular flexibility index (Phi) is 4.97. The smallest absolute Gasteiger partial charge is 0.317 e. The van der Waals surface area contributed by atoms with Gasteiger partial charge in [0.05, 0.1) is 5.41 Å². The fourth-order valence-corrected chi connectivity index (χ4v) is 3.07. The molecule has 1 aliphatic rings. The lowest BCUT2D eigenvalue weighted by Crippen LogP contribution is -2.44. The van der Waals surface area contributed by atoms with Crippen LogP contribution in [0.4, 0.5) is 4.79 Å². The number of aliphatic carboxylic acids is 1.